The van der Waals surface area contributed by atoms with Gasteiger partial charge in [-0.1, -0.05) is 42.5 Å². The molecule has 3 rings (SSSR count). The molecule has 2 aromatic carbocycles. The van der Waals surface area contributed by atoms with Gasteiger partial charge in [-0.2, -0.15) is 0 Å². The number of amides is 2. The lowest BCUT2D eigenvalue weighted by Gasteiger charge is -2.39. The molecule has 1 atom stereocenters. The van der Waals surface area contributed by atoms with E-state index in [1.54, 1.807) is 37.2 Å². The first-order valence-electron chi connectivity index (χ1n) is 9.49. The van der Waals surface area contributed by atoms with Crippen LogP contribution in [0.4, 0.5) is 0 Å². The quantitative estimate of drug-likeness (QED) is 0.770. The van der Waals surface area contributed by atoms with Gasteiger partial charge in [0.2, 0.25) is 5.91 Å². The third-order valence-electron chi connectivity index (χ3n) is 5.13. The lowest BCUT2D eigenvalue weighted by Crippen LogP contribution is -2.48. The largest absolute Gasteiger partial charge is 0.345 e. The molecule has 0 saturated carbocycles. The van der Waals surface area contributed by atoms with E-state index < -0.39 is 0 Å². The number of nitrogens with zero attached hydrogens (tertiary/aromatic N) is 3. The summed E-state index contributed by atoms with van der Waals surface area (Å²) in [4.78, 5) is 30.4. The molecular weight excluding hydrogens is 350 g/mol. The highest BCUT2D eigenvalue weighted by atomic mass is 16.2. The summed E-state index contributed by atoms with van der Waals surface area (Å²) in [5.74, 6) is -0.0153. The van der Waals surface area contributed by atoms with Gasteiger partial charge >= 0.3 is 0 Å². The van der Waals surface area contributed by atoms with Gasteiger partial charge in [-0.05, 0) is 36.4 Å². The molecule has 0 aromatic heterocycles. The highest BCUT2D eigenvalue weighted by Crippen LogP contribution is 2.24. The van der Waals surface area contributed by atoms with E-state index in [4.69, 9.17) is 0 Å². The first-order chi connectivity index (χ1) is 13.5. The summed E-state index contributed by atoms with van der Waals surface area (Å²) in [6.45, 7) is 2.25. The van der Waals surface area contributed by atoms with Gasteiger partial charge in [0.05, 0.1) is 6.04 Å². The molecule has 1 fully saturated rings. The predicted octanol–water partition coefficient (Wildman–Crippen LogP) is 2.92. The van der Waals surface area contributed by atoms with Crippen LogP contribution in [0.1, 0.15) is 27.5 Å². The first-order valence-corrected chi connectivity index (χ1v) is 9.49. The van der Waals surface area contributed by atoms with Crippen molar-refractivity contribution in [1.82, 2.24) is 14.7 Å². The zero-order chi connectivity index (χ0) is 20.1. The smallest absolute Gasteiger partial charge is 0.253 e. The van der Waals surface area contributed by atoms with Crippen molar-refractivity contribution in [3.8, 4) is 0 Å². The molecule has 146 valence electrons. The molecule has 0 aliphatic carbocycles. The van der Waals surface area contributed by atoms with E-state index in [1.807, 2.05) is 41.3 Å². The van der Waals surface area contributed by atoms with E-state index in [0.717, 1.165) is 18.7 Å². The van der Waals surface area contributed by atoms with E-state index >= 15 is 0 Å². The Morgan fingerprint density at radius 3 is 2.32 bits per heavy atom. The Hall–Kier alpha value is -2.92. The van der Waals surface area contributed by atoms with Crippen LogP contribution in [-0.4, -0.2) is 67.3 Å². The van der Waals surface area contributed by atoms with E-state index in [2.05, 4.69) is 24.1 Å². The number of hydrogen-bond donors (Lipinski definition) is 0. The molecule has 28 heavy (non-hydrogen) atoms. The van der Waals surface area contributed by atoms with Gasteiger partial charge in [-0.3, -0.25) is 14.5 Å². The fraction of sp³-hybridized carbons (Fsp3) is 0.304. The number of carbonyl (C=O) groups excluding carboxylic acids is 2. The zero-order valence-electron chi connectivity index (χ0n) is 16.7. The van der Waals surface area contributed by atoms with Crippen LogP contribution in [0.25, 0.3) is 6.08 Å². The molecule has 0 spiro atoms. The highest BCUT2D eigenvalue weighted by molar-refractivity contribution is 5.94. The summed E-state index contributed by atoms with van der Waals surface area (Å²) in [6.07, 6.45) is 3.43. The van der Waals surface area contributed by atoms with Crippen LogP contribution in [0.3, 0.4) is 0 Å². The van der Waals surface area contributed by atoms with Crippen molar-refractivity contribution in [3.63, 3.8) is 0 Å². The average molecular weight is 377 g/mol. The minimum atomic E-state index is -0.0315. The second-order valence-electron chi connectivity index (χ2n) is 7.35. The van der Waals surface area contributed by atoms with E-state index in [1.165, 1.54) is 5.56 Å². The summed E-state index contributed by atoms with van der Waals surface area (Å²) in [5, 5.41) is 0. The summed E-state index contributed by atoms with van der Waals surface area (Å²) in [6, 6.07) is 17.8. The third kappa shape index (κ3) is 4.67. The van der Waals surface area contributed by atoms with Crippen molar-refractivity contribution in [2.24, 2.45) is 0 Å². The molecule has 5 heteroatoms. The van der Waals surface area contributed by atoms with Crippen LogP contribution in [0.2, 0.25) is 0 Å². The van der Waals surface area contributed by atoms with Crippen molar-refractivity contribution in [1.29, 1.82) is 0 Å². The molecule has 0 N–H and O–H groups in total. The second kappa shape index (κ2) is 8.85. The predicted molar refractivity (Wildman–Crippen MR) is 112 cm³/mol. The molecule has 1 aliphatic heterocycles. The highest BCUT2D eigenvalue weighted by Gasteiger charge is 2.27. The fourth-order valence-electron chi connectivity index (χ4n) is 3.38. The Kier molecular flexibility index (Phi) is 6.26. The monoisotopic (exact) mass is 377 g/mol. The maximum atomic E-state index is 12.7. The number of hydrogen-bond acceptors (Lipinski definition) is 3. The van der Waals surface area contributed by atoms with E-state index in [0.29, 0.717) is 12.1 Å². The van der Waals surface area contributed by atoms with Crippen LogP contribution >= 0.6 is 0 Å². The van der Waals surface area contributed by atoms with Gasteiger partial charge in [0.1, 0.15) is 0 Å². The molecule has 2 aromatic rings. The summed E-state index contributed by atoms with van der Waals surface area (Å²) >= 11 is 0. The van der Waals surface area contributed by atoms with Gasteiger partial charge < -0.3 is 9.80 Å². The van der Waals surface area contributed by atoms with E-state index in [-0.39, 0.29) is 17.9 Å². The Labute approximate surface area is 166 Å². The van der Waals surface area contributed by atoms with Crippen LogP contribution in [-0.2, 0) is 4.79 Å². The van der Waals surface area contributed by atoms with Crippen molar-refractivity contribution in [2.75, 3.05) is 40.8 Å². The molecule has 1 unspecified atom stereocenters. The van der Waals surface area contributed by atoms with Crippen molar-refractivity contribution in [3.05, 3.63) is 77.4 Å². The van der Waals surface area contributed by atoms with Gasteiger partial charge in [0, 0.05) is 45.4 Å². The molecule has 0 radical (unpaired) electrons. The molecule has 1 aliphatic rings. The van der Waals surface area contributed by atoms with Crippen LogP contribution in [0.15, 0.2) is 60.7 Å². The molecular formula is C23H27N3O2. The maximum Gasteiger partial charge on any atom is 0.253 e. The number of likely N-dealkylation sites (N-methyl/N-ethyl adjacent to an activating group) is 1. The minimum absolute atomic E-state index is 0.0162. The second-order valence-corrected chi connectivity index (χ2v) is 7.35. The SMILES string of the molecule is CN(C)C(=O)c1ccc(/C=C/C(=O)N2CCN(C)C(c3ccccc3)C2)cc1. The molecule has 1 saturated heterocycles. The van der Waals surface area contributed by atoms with Crippen LogP contribution in [0.5, 0.6) is 0 Å². The molecule has 1 heterocycles. The Balaban J connectivity index is 1.65. The average Bonchev–Trinajstić information content (AvgIpc) is 2.72. The number of benzene rings is 2. The van der Waals surface area contributed by atoms with E-state index in [9.17, 15) is 9.59 Å². The van der Waals surface area contributed by atoms with Gasteiger partial charge in [0.15, 0.2) is 0 Å². The third-order valence-corrected chi connectivity index (χ3v) is 5.13. The molecule has 0 bridgehead atoms. The standard InChI is InChI=1S/C23H27N3O2/c1-24(2)23(28)20-12-9-18(10-13-20)11-14-22(27)26-16-15-25(3)21(17-26)19-7-5-4-6-8-19/h4-14,21H,15-17H2,1-3H3/b14-11+. The topological polar surface area (TPSA) is 43.9 Å². The summed E-state index contributed by atoms with van der Waals surface area (Å²) in [5.41, 5.74) is 2.77. The summed E-state index contributed by atoms with van der Waals surface area (Å²) in [7, 11) is 5.56. The van der Waals surface area contributed by atoms with Gasteiger partial charge in [-0.15, -0.1) is 0 Å². The minimum Gasteiger partial charge on any atom is -0.345 e. The number of rotatable bonds is 4. The van der Waals surface area contributed by atoms with Crippen molar-refractivity contribution >= 4 is 17.9 Å². The first kappa shape index (κ1) is 19.8. The Morgan fingerprint density at radius 2 is 1.68 bits per heavy atom. The van der Waals surface area contributed by atoms with Crippen LogP contribution in [0, 0.1) is 0 Å². The van der Waals surface area contributed by atoms with Crippen LogP contribution < -0.4 is 0 Å². The molecule has 2 amide bonds. The van der Waals surface area contributed by atoms with Crippen molar-refractivity contribution in [2.45, 2.75) is 6.04 Å². The lowest BCUT2D eigenvalue weighted by atomic mass is 10.0. The number of piperazine rings is 1. The fourth-order valence-corrected chi connectivity index (χ4v) is 3.38. The Morgan fingerprint density at radius 1 is 1.00 bits per heavy atom. The van der Waals surface area contributed by atoms with Gasteiger partial charge in [-0.25, -0.2) is 0 Å². The molecule has 5 nitrogen and oxygen atoms in total. The zero-order valence-corrected chi connectivity index (χ0v) is 16.7. The van der Waals surface area contributed by atoms with Crippen molar-refractivity contribution < 1.29 is 9.59 Å². The number of carbonyl (C=O) groups is 2. The Bertz CT molecular complexity index is 844. The summed E-state index contributed by atoms with van der Waals surface area (Å²) < 4.78 is 0. The van der Waals surface area contributed by atoms with Gasteiger partial charge in [0.25, 0.3) is 5.91 Å². The lowest BCUT2D eigenvalue weighted by molar-refractivity contribution is -0.128. The normalized spacial score (nSPS) is 17.7. The maximum absolute atomic E-state index is 12.7.